The molecule has 32 heavy (non-hydrogen) atoms. The van der Waals surface area contributed by atoms with E-state index in [2.05, 4.69) is 5.32 Å². The van der Waals surface area contributed by atoms with E-state index in [1.165, 1.54) is 6.08 Å². The van der Waals surface area contributed by atoms with Crippen LogP contribution in [0.3, 0.4) is 0 Å². The molecule has 1 amide bonds. The first-order chi connectivity index (χ1) is 15.3. The Morgan fingerprint density at radius 2 is 1.66 bits per heavy atom. The zero-order valence-corrected chi connectivity index (χ0v) is 19.5. The fraction of sp³-hybridized carbons (Fsp3) is 0.154. The van der Waals surface area contributed by atoms with Crippen molar-refractivity contribution in [2.24, 2.45) is 0 Å². The van der Waals surface area contributed by atoms with Crippen LogP contribution in [0.1, 0.15) is 27.8 Å². The molecule has 0 atom stereocenters. The number of ether oxygens (including phenoxy) is 1. The molecule has 0 bridgehead atoms. The van der Waals surface area contributed by atoms with E-state index in [4.69, 9.17) is 27.9 Å². The molecule has 0 aliphatic heterocycles. The maximum absolute atomic E-state index is 12.6. The van der Waals surface area contributed by atoms with Gasteiger partial charge in [-0.25, -0.2) is 0 Å². The Kier molecular flexibility index (Phi) is 7.58. The van der Waals surface area contributed by atoms with Crippen LogP contribution in [0.2, 0.25) is 10.0 Å². The average Bonchev–Trinajstić information content (AvgIpc) is 2.75. The van der Waals surface area contributed by atoms with Gasteiger partial charge < -0.3 is 10.1 Å². The Hall–Kier alpha value is -3.26. The van der Waals surface area contributed by atoms with E-state index < -0.39 is 5.91 Å². The first-order valence-corrected chi connectivity index (χ1v) is 10.7. The predicted octanol–water partition coefficient (Wildman–Crippen LogP) is 7.04. The van der Waals surface area contributed by atoms with E-state index in [0.717, 1.165) is 22.3 Å². The number of nitriles is 1. The summed E-state index contributed by atoms with van der Waals surface area (Å²) in [5.41, 5.74) is 5.39. The number of hydrogen-bond acceptors (Lipinski definition) is 3. The highest BCUT2D eigenvalue weighted by Gasteiger charge is 2.13. The molecule has 0 fully saturated rings. The highest BCUT2D eigenvalue weighted by molar-refractivity contribution is 6.37. The van der Waals surface area contributed by atoms with Crippen molar-refractivity contribution in [3.05, 3.63) is 98.0 Å². The van der Waals surface area contributed by atoms with Gasteiger partial charge in [-0.1, -0.05) is 59.1 Å². The smallest absolute Gasteiger partial charge is 0.266 e. The van der Waals surface area contributed by atoms with Gasteiger partial charge >= 0.3 is 0 Å². The summed E-state index contributed by atoms with van der Waals surface area (Å²) in [7, 11) is 0. The summed E-state index contributed by atoms with van der Waals surface area (Å²) in [5.74, 6) is -0.160. The van der Waals surface area contributed by atoms with Gasteiger partial charge in [0.15, 0.2) is 5.75 Å². The lowest BCUT2D eigenvalue weighted by molar-refractivity contribution is -0.112. The van der Waals surface area contributed by atoms with Crippen LogP contribution in [0.5, 0.6) is 5.75 Å². The lowest BCUT2D eigenvalue weighted by Gasteiger charge is -2.11. The van der Waals surface area contributed by atoms with Crippen molar-refractivity contribution in [2.45, 2.75) is 27.4 Å². The number of rotatable bonds is 6. The molecule has 0 saturated heterocycles. The predicted molar refractivity (Wildman–Crippen MR) is 130 cm³/mol. The Balaban J connectivity index is 1.77. The fourth-order valence-corrected chi connectivity index (χ4v) is 3.59. The number of hydrogen-bond donors (Lipinski definition) is 1. The third-order valence-corrected chi connectivity index (χ3v) is 5.53. The maximum atomic E-state index is 12.6. The maximum Gasteiger partial charge on any atom is 0.266 e. The number of benzene rings is 3. The molecule has 0 aromatic heterocycles. The van der Waals surface area contributed by atoms with E-state index in [0.29, 0.717) is 33.7 Å². The number of aryl methyl sites for hydroxylation is 3. The van der Waals surface area contributed by atoms with Gasteiger partial charge in [0.1, 0.15) is 18.2 Å². The SMILES string of the molecule is Cc1ccc(COc2c(Cl)cc(/C=C(\C#N)C(=O)Nc3ccc(C)c(C)c3)cc2Cl)cc1. The summed E-state index contributed by atoms with van der Waals surface area (Å²) in [4.78, 5) is 12.6. The molecule has 0 unspecified atom stereocenters. The number of nitrogens with zero attached hydrogens (tertiary/aromatic N) is 1. The van der Waals surface area contributed by atoms with E-state index >= 15 is 0 Å². The minimum Gasteiger partial charge on any atom is -0.486 e. The van der Waals surface area contributed by atoms with Gasteiger partial charge in [-0.3, -0.25) is 4.79 Å². The monoisotopic (exact) mass is 464 g/mol. The van der Waals surface area contributed by atoms with Crippen LogP contribution in [0.15, 0.2) is 60.2 Å². The van der Waals surface area contributed by atoms with Gasteiger partial charge in [0, 0.05) is 5.69 Å². The van der Waals surface area contributed by atoms with Crippen molar-refractivity contribution in [2.75, 3.05) is 5.32 Å². The van der Waals surface area contributed by atoms with Crippen LogP contribution in [0, 0.1) is 32.1 Å². The fourth-order valence-electron chi connectivity index (χ4n) is 2.97. The Bertz CT molecular complexity index is 1200. The second-order valence-electron chi connectivity index (χ2n) is 7.51. The first-order valence-electron chi connectivity index (χ1n) is 9.94. The molecule has 6 heteroatoms. The van der Waals surface area contributed by atoms with E-state index in [9.17, 15) is 10.1 Å². The van der Waals surface area contributed by atoms with E-state index in [1.54, 1.807) is 18.2 Å². The molecular weight excluding hydrogens is 443 g/mol. The minimum atomic E-state index is -0.511. The van der Waals surface area contributed by atoms with Crippen molar-refractivity contribution >= 4 is 40.9 Å². The normalized spacial score (nSPS) is 11.1. The Morgan fingerprint density at radius 1 is 1.00 bits per heavy atom. The van der Waals surface area contributed by atoms with E-state index in [-0.39, 0.29) is 5.57 Å². The molecule has 0 saturated carbocycles. The third kappa shape index (κ3) is 5.91. The quantitative estimate of drug-likeness (QED) is 0.314. The standard InChI is InChI=1S/C26H22Cl2N2O2/c1-16-4-7-19(8-5-16)15-32-25-23(27)12-20(13-24(25)28)11-21(14-29)26(31)30-22-9-6-17(2)18(3)10-22/h4-13H,15H2,1-3H3,(H,30,31)/b21-11+. The largest absolute Gasteiger partial charge is 0.486 e. The Morgan fingerprint density at radius 3 is 2.25 bits per heavy atom. The van der Waals surface area contributed by atoms with Crippen LogP contribution in [0.25, 0.3) is 6.08 Å². The highest BCUT2D eigenvalue weighted by atomic mass is 35.5. The number of nitrogens with one attached hydrogen (secondary N) is 1. The molecule has 4 nitrogen and oxygen atoms in total. The topological polar surface area (TPSA) is 62.1 Å². The van der Waals surface area contributed by atoms with Crippen LogP contribution in [0.4, 0.5) is 5.69 Å². The van der Waals surface area contributed by atoms with Crippen LogP contribution >= 0.6 is 23.2 Å². The van der Waals surface area contributed by atoms with Crippen LogP contribution < -0.4 is 10.1 Å². The van der Waals surface area contributed by atoms with Crippen molar-refractivity contribution in [3.8, 4) is 11.8 Å². The molecule has 0 aliphatic carbocycles. The zero-order valence-electron chi connectivity index (χ0n) is 18.0. The lowest BCUT2D eigenvalue weighted by Crippen LogP contribution is -2.13. The highest BCUT2D eigenvalue weighted by Crippen LogP contribution is 2.35. The zero-order chi connectivity index (χ0) is 23.3. The van der Waals surface area contributed by atoms with Crippen LogP contribution in [-0.2, 0) is 11.4 Å². The average molecular weight is 465 g/mol. The molecule has 3 aromatic rings. The molecule has 162 valence electrons. The molecule has 0 radical (unpaired) electrons. The summed E-state index contributed by atoms with van der Waals surface area (Å²) in [5, 5.41) is 12.8. The molecule has 3 rings (SSSR count). The Labute approximate surface area is 198 Å². The number of anilines is 1. The molecule has 0 spiro atoms. The minimum absolute atomic E-state index is 0.0660. The van der Waals surface area contributed by atoms with Crippen LogP contribution in [-0.4, -0.2) is 5.91 Å². The van der Waals surface area contributed by atoms with E-state index in [1.807, 2.05) is 63.2 Å². The third-order valence-electron chi connectivity index (χ3n) is 4.97. The van der Waals surface area contributed by atoms with Crippen molar-refractivity contribution in [3.63, 3.8) is 0 Å². The number of carbonyl (C=O) groups is 1. The second-order valence-corrected chi connectivity index (χ2v) is 8.33. The van der Waals surface area contributed by atoms with Gasteiger partial charge in [-0.2, -0.15) is 5.26 Å². The van der Waals surface area contributed by atoms with Crippen molar-refractivity contribution in [1.29, 1.82) is 5.26 Å². The second kappa shape index (κ2) is 10.4. The molecule has 3 aromatic carbocycles. The van der Waals surface area contributed by atoms with Gasteiger partial charge in [0.2, 0.25) is 0 Å². The molecular formula is C26H22Cl2N2O2. The summed E-state index contributed by atoms with van der Waals surface area (Å²) < 4.78 is 5.80. The van der Waals surface area contributed by atoms with Gasteiger partial charge in [0.05, 0.1) is 10.0 Å². The molecule has 1 N–H and O–H groups in total. The lowest BCUT2D eigenvalue weighted by atomic mass is 10.1. The summed E-state index contributed by atoms with van der Waals surface area (Å²) in [6, 6.07) is 18.7. The number of halogens is 2. The van der Waals surface area contributed by atoms with Crippen molar-refractivity contribution in [1.82, 2.24) is 0 Å². The summed E-state index contributed by atoms with van der Waals surface area (Å²) in [6.45, 7) is 6.28. The van der Waals surface area contributed by atoms with Gasteiger partial charge in [-0.05, 0) is 73.4 Å². The van der Waals surface area contributed by atoms with Gasteiger partial charge in [0.25, 0.3) is 5.91 Å². The van der Waals surface area contributed by atoms with Gasteiger partial charge in [-0.15, -0.1) is 0 Å². The summed E-state index contributed by atoms with van der Waals surface area (Å²) >= 11 is 12.7. The van der Waals surface area contributed by atoms with Crippen molar-refractivity contribution < 1.29 is 9.53 Å². The first kappa shape index (κ1) is 23.4. The number of carbonyl (C=O) groups excluding carboxylic acids is 1. The summed E-state index contributed by atoms with van der Waals surface area (Å²) in [6.07, 6.45) is 1.44. The molecule has 0 aliphatic rings. The number of amides is 1. The molecule has 0 heterocycles.